The Morgan fingerprint density at radius 2 is 2.07 bits per heavy atom. The lowest BCUT2D eigenvalue weighted by Crippen LogP contribution is -2.29. The number of piperidine rings is 1. The molecule has 1 fully saturated rings. The molecule has 0 bridgehead atoms. The van der Waals surface area contributed by atoms with Gasteiger partial charge in [0.25, 0.3) is 0 Å². The first kappa shape index (κ1) is 9.59. The summed E-state index contributed by atoms with van der Waals surface area (Å²) in [4.78, 5) is 6.33. The molecule has 1 aliphatic heterocycles. The van der Waals surface area contributed by atoms with Crippen LogP contribution in [0.15, 0.2) is 18.3 Å². The van der Waals surface area contributed by atoms with Gasteiger partial charge in [0.15, 0.2) is 0 Å². The van der Waals surface area contributed by atoms with E-state index < -0.39 is 0 Å². The van der Waals surface area contributed by atoms with Crippen LogP contribution in [-0.4, -0.2) is 23.0 Å². The molecule has 0 radical (unpaired) electrons. The van der Waals surface area contributed by atoms with Crippen LogP contribution in [0.5, 0.6) is 0 Å². The second kappa shape index (κ2) is 4.51. The van der Waals surface area contributed by atoms with Crippen LogP contribution in [0.1, 0.15) is 25.0 Å². The Morgan fingerprint density at radius 3 is 2.79 bits per heavy atom. The maximum atomic E-state index is 13.3. The van der Waals surface area contributed by atoms with Crippen LogP contribution in [0, 0.1) is 5.82 Å². The average Bonchev–Trinajstić information content (AvgIpc) is 2.23. The number of likely N-dealkylation sites (tertiary alicyclic amines) is 1. The molecule has 1 aliphatic rings. The number of aromatic nitrogens is 1. The lowest BCUT2D eigenvalue weighted by atomic mass is 10.1. The zero-order valence-electron chi connectivity index (χ0n) is 8.25. The van der Waals surface area contributed by atoms with Crippen LogP contribution in [0.25, 0.3) is 0 Å². The van der Waals surface area contributed by atoms with Gasteiger partial charge in [0.1, 0.15) is 5.82 Å². The van der Waals surface area contributed by atoms with Crippen molar-refractivity contribution in [3.05, 3.63) is 29.8 Å². The van der Waals surface area contributed by atoms with Gasteiger partial charge in [0, 0.05) is 12.7 Å². The molecule has 3 heteroatoms. The fraction of sp³-hybridized carbons (Fsp3) is 0.545. The highest BCUT2D eigenvalue weighted by atomic mass is 19.1. The zero-order chi connectivity index (χ0) is 9.80. The molecule has 2 heterocycles. The summed E-state index contributed by atoms with van der Waals surface area (Å²) in [6.07, 6.45) is 5.42. The molecule has 1 aromatic heterocycles. The molecule has 0 amide bonds. The third kappa shape index (κ3) is 2.29. The Bertz CT molecular complexity index is 295. The van der Waals surface area contributed by atoms with E-state index in [4.69, 9.17) is 0 Å². The normalized spacial score (nSPS) is 18.4. The van der Waals surface area contributed by atoms with E-state index in [1.807, 2.05) is 0 Å². The smallest absolute Gasteiger partial charge is 0.146 e. The van der Waals surface area contributed by atoms with E-state index in [0.717, 1.165) is 13.1 Å². The first-order valence-corrected chi connectivity index (χ1v) is 5.18. The Labute approximate surface area is 83.8 Å². The van der Waals surface area contributed by atoms with Gasteiger partial charge in [-0.25, -0.2) is 4.39 Å². The van der Waals surface area contributed by atoms with Gasteiger partial charge in [-0.15, -0.1) is 0 Å². The van der Waals surface area contributed by atoms with Gasteiger partial charge in [-0.1, -0.05) is 6.42 Å². The molecule has 2 rings (SSSR count). The largest absolute Gasteiger partial charge is 0.297 e. The second-order valence-corrected chi connectivity index (χ2v) is 3.77. The summed E-state index contributed by atoms with van der Waals surface area (Å²) in [5.41, 5.74) is 0.578. The molecule has 2 nitrogen and oxygen atoms in total. The molecular weight excluding hydrogens is 179 g/mol. The third-order valence-electron chi connectivity index (χ3n) is 2.66. The number of hydrogen-bond acceptors (Lipinski definition) is 2. The number of rotatable bonds is 2. The summed E-state index contributed by atoms with van der Waals surface area (Å²) in [7, 11) is 0. The van der Waals surface area contributed by atoms with Gasteiger partial charge in [-0.2, -0.15) is 0 Å². The molecule has 0 N–H and O–H groups in total. The van der Waals surface area contributed by atoms with Crippen molar-refractivity contribution in [2.24, 2.45) is 0 Å². The van der Waals surface area contributed by atoms with Crippen LogP contribution in [0.3, 0.4) is 0 Å². The number of hydrogen-bond donors (Lipinski definition) is 0. The second-order valence-electron chi connectivity index (χ2n) is 3.77. The van der Waals surface area contributed by atoms with E-state index in [-0.39, 0.29) is 5.82 Å². The Hall–Kier alpha value is -0.960. The standard InChI is InChI=1S/C11H15FN2/c12-10-5-4-6-13-11(10)9-14-7-2-1-3-8-14/h4-6H,1-3,7-9H2. The lowest BCUT2D eigenvalue weighted by molar-refractivity contribution is 0.215. The van der Waals surface area contributed by atoms with Crippen LogP contribution >= 0.6 is 0 Å². The van der Waals surface area contributed by atoms with Gasteiger partial charge in [-0.05, 0) is 38.1 Å². The zero-order valence-corrected chi connectivity index (χ0v) is 8.25. The summed E-state index contributed by atoms with van der Waals surface area (Å²) in [5.74, 6) is -0.182. The number of halogens is 1. The maximum Gasteiger partial charge on any atom is 0.146 e. The van der Waals surface area contributed by atoms with Crippen molar-refractivity contribution < 1.29 is 4.39 Å². The molecule has 0 unspecified atom stereocenters. The molecule has 1 saturated heterocycles. The summed E-state index contributed by atoms with van der Waals surface area (Å²) in [6.45, 7) is 2.82. The molecule has 0 spiro atoms. The first-order valence-electron chi connectivity index (χ1n) is 5.18. The van der Waals surface area contributed by atoms with Crippen molar-refractivity contribution in [2.75, 3.05) is 13.1 Å². The van der Waals surface area contributed by atoms with Gasteiger partial charge in [-0.3, -0.25) is 9.88 Å². The summed E-state index contributed by atoms with van der Waals surface area (Å²) < 4.78 is 13.3. The SMILES string of the molecule is Fc1cccnc1CN1CCCCC1. The highest BCUT2D eigenvalue weighted by molar-refractivity contribution is 5.06. The van der Waals surface area contributed by atoms with Crippen LogP contribution in [-0.2, 0) is 6.54 Å². The molecule has 0 atom stereocenters. The first-order chi connectivity index (χ1) is 6.86. The topological polar surface area (TPSA) is 16.1 Å². The highest BCUT2D eigenvalue weighted by Gasteiger charge is 2.12. The van der Waals surface area contributed by atoms with E-state index in [1.54, 1.807) is 12.3 Å². The Kier molecular flexibility index (Phi) is 3.09. The molecule has 14 heavy (non-hydrogen) atoms. The number of pyridine rings is 1. The highest BCUT2D eigenvalue weighted by Crippen LogP contribution is 2.13. The monoisotopic (exact) mass is 194 g/mol. The predicted molar refractivity (Wildman–Crippen MR) is 53.3 cm³/mol. The minimum Gasteiger partial charge on any atom is -0.297 e. The van der Waals surface area contributed by atoms with Crippen molar-refractivity contribution in [1.82, 2.24) is 9.88 Å². The minimum atomic E-state index is -0.182. The maximum absolute atomic E-state index is 13.3. The van der Waals surface area contributed by atoms with E-state index in [2.05, 4.69) is 9.88 Å². The summed E-state index contributed by atoms with van der Waals surface area (Å²) in [5, 5.41) is 0. The van der Waals surface area contributed by atoms with E-state index in [1.165, 1.54) is 25.3 Å². The van der Waals surface area contributed by atoms with Crippen molar-refractivity contribution in [3.8, 4) is 0 Å². The quantitative estimate of drug-likeness (QED) is 0.717. The Morgan fingerprint density at radius 1 is 1.29 bits per heavy atom. The van der Waals surface area contributed by atoms with Crippen molar-refractivity contribution in [1.29, 1.82) is 0 Å². The molecule has 0 saturated carbocycles. The molecule has 76 valence electrons. The van der Waals surface area contributed by atoms with Crippen molar-refractivity contribution in [2.45, 2.75) is 25.8 Å². The van der Waals surface area contributed by atoms with E-state index in [9.17, 15) is 4.39 Å². The molecular formula is C11H15FN2. The van der Waals surface area contributed by atoms with Crippen LogP contribution < -0.4 is 0 Å². The predicted octanol–water partition coefficient (Wildman–Crippen LogP) is 2.21. The van der Waals surface area contributed by atoms with Gasteiger partial charge >= 0.3 is 0 Å². The molecule has 0 aliphatic carbocycles. The average molecular weight is 194 g/mol. The number of nitrogens with zero attached hydrogens (tertiary/aromatic N) is 2. The van der Waals surface area contributed by atoms with Gasteiger partial charge in [0.05, 0.1) is 5.69 Å². The molecule has 0 aromatic carbocycles. The van der Waals surface area contributed by atoms with E-state index in [0.29, 0.717) is 12.2 Å². The van der Waals surface area contributed by atoms with Gasteiger partial charge in [0.2, 0.25) is 0 Å². The van der Waals surface area contributed by atoms with Crippen LogP contribution in [0.4, 0.5) is 4.39 Å². The van der Waals surface area contributed by atoms with Gasteiger partial charge < -0.3 is 0 Å². The minimum absolute atomic E-state index is 0.182. The fourth-order valence-electron chi connectivity index (χ4n) is 1.86. The molecule has 1 aromatic rings. The van der Waals surface area contributed by atoms with Crippen molar-refractivity contribution in [3.63, 3.8) is 0 Å². The lowest BCUT2D eigenvalue weighted by Gasteiger charge is -2.25. The Balaban J connectivity index is 1.99. The van der Waals surface area contributed by atoms with Crippen molar-refractivity contribution >= 4 is 0 Å². The fourth-order valence-corrected chi connectivity index (χ4v) is 1.86. The summed E-state index contributed by atoms with van der Waals surface area (Å²) >= 11 is 0. The third-order valence-corrected chi connectivity index (χ3v) is 2.66. The summed E-state index contributed by atoms with van der Waals surface area (Å²) in [6, 6.07) is 3.11. The van der Waals surface area contributed by atoms with E-state index >= 15 is 0 Å². The van der Waals surface area contributed by atoms with Crippen LogP contribution in [0.2, 0.25) is 0 Å².